The number of benzene rings is 6. The molecule has 4 nitrogen and oxygen atoms in total. The van der Waals surface area contributed by atoms with Crippen molar-refractivity contribution in [3.8, 4) is 11.1 Å². The van der Waals surface area contributed by atoms with Gasteiger partial charge in [-0.25, -0.2) is 4.99 Å². The Balaban J connectivity index is 1.44. The van der Waals surface area contributed by atoms with Gasteiger partial charge < -0.3 is 5.32 Å². The number of aromatic nitrogens is 1. The molecule has 0 fully saturated rings. The zero-order chi connectivity index (χ0) is 29.4. The molecule has 2 heterocycles. The molecule has 0 saturated heterocycles. The van der Waals surface area contributed by atoms with Crippen LogP contribution in [0.25, 0.3) is 43.7 Å². The monoisotopic (exact) mass is 566 g/mol. The third-order valence-corrected chi connectivity index (χ3v) is 9.41. The first-order chi connectivity index (χ1) is 21.6. The Bertz CT molecular complexity index is 2330. The molecule has 44 heavy (non-hydrogen) atoms. The van der Waals surface area contributed by atoms with Crippen molar-refractivity contribution < 1.29 is 0 Å². The molecule has 0 radical (unpaired) electrons. The summed E-state index contributed by atoms with van der Waals surface area (Å²) < 4.78 is 2.36. The topological polar surface area (TPSA) is 41.7 Å². The summed E-state index contributed by atoms with van der Waals surface area (Å²) in [6.45, 7) is 4.73. The van der Waals surface area contributed by atoms with E-state index >= 15 is 0 Å². The Labute approximate surface area is 256 Å². The van der Waals surface area contributed by atoms with Crippen LogP contribution in [0.2, 0.25) is 0 Å². The summed E-state index contributed by atoms with van der Waals surface area (Å²) >= 11 is 0. The summed E-state index contributed by atoms with van der Waals surface area (Å²) in [5.41, 5.74) is 9.55. The minimum Gasteiger partial charge on any atom is -0.330 e. The Hall–Kier alpha value is -5.48. The Morgan fingerprint density at radius 2 is 1.30 bits per heavy atom. The lowest BCUT2D eigenvalue weighted by Gasteiger charge is -2.26. The van der Waals surface area contributed by atoms with Crippen molar-refractivity contribution in [3.63, 3.8) is 0 Å². The average Bonchev–Trinajstić information content (AvgIpc) is 3.55. The van der Waals surface area contributed by atoms with Gasteiger partial charge in [-0.2, -0.15) is 4.99 Å². The van der Waals surface area contributed by atoms with Crippen molar-refractivity contribution in [2.24, 2.45) is 9.98 Å². The summed E-state index contributed by atoms with van der Waals surface area (Å²) in [7, 11) is 0. The maximum atomic E-state index is 5.29. The molecule has 0 spiro atoms. The summed E-state index contributed by atoms with van der Waals surface area (Å²) in [5, 5.41) is 8.82. The van der Waals surface area contributed by atoms with Crippen LogP contribution in [0.4, 0.5) is 0 Å². The summed E-state index contributed by atoms with van der Waals surface area (Å²) in [6.07, 6.45) is -0.285. The van der Waals surface area contributed by atoms with Crippen LogP contribution in [-0.4, -0.2) is 16.4 Å². The number of para-hydroxylation sites is 1. The molecule has 7 aromatic rings. The van der Waals surface area contributed by atoms with Crippen molar-refractivity contribution in [1.29, 1.82) is 0 Å². The Kier molecular flexibility index (Phi) is 5.27. The minimum atomic E-state index is -0.285. The first-order valence-electron chi connectivity index (χ1n) is 15.2. The standard InChI is InChI=1S/C40H30N4/c1-40(2)31-23-13-11-21-29(31)34-35(40)28-20-10-9-19-27(28)33-30-22-12-14-24-32(30)44(36(33)34)39-42-37(25-15-5-3-6-16-25)41-38(43-39)26-17-7-4-8-18-26/h3-24,37H,1-2H3,(H,41,42,43). The largest absolute Gasteiger partial charge is 0.330 e. The average molecular weight is 567 g/mol. The number of nitrogens with zero attached hydrogens (tertiary/aromatic N) is 3. The predicted octanol–water partition coefficient (Wildman–Crippen LogP) is 9.21. The van der Waals surface area contributed by atoms with Gasteiger partial charge in [0.2, 0.25) is 5.96 Å². The van der Waals surface area contributed by atoms with Crippen LogP contribution in [0.5, 0.6) is 0 Å². The SMILES string of the molecule is CC1(C)c2ccccc2-c2c1c1ccccc1c1c3ccccc3n(C3=NC(c4ccccc4)=NC(c4ccccc4)N3)c21. The molecule has 1 aromatic heterocycles. The van der Waals surface area contributed by atoms with Crippen LogP contribution < -0.4 is 5.32 Å². The van der Waals surface area contributed by atoms with Crippen LogP contribution in [0, 0.1) is 0 Å². The zero-order valence-electron chi connectivity index (χ0n) is 24.6. The van der Waals surface area contributed by atoms with Gasteiger partial charge in [0.05, 0.1) is 11.0 Å². The fraction of sp³-hybridized carbons (Fsp3) is 0.100. The van der Waals surface area contributed by atoms with Gasteiger partial charge >= 0.3 is 0 Å². The molecule has 210 valence electrons. The predicted molar refractivity (Wildman–Crippen MR) is 183 cm³/mol. The van der Waals surface area contributed by atoms with Gasteiger partial charge in [-0.15, -0.1) is 0 Å². The number of hydrogen-bond acceptors (Lipinski definition) is 3. The lowest BCUT2D eigenvalue weighted by atomic mass is 9.79. The highest BCUT2D eigenvalue weighted by atomic mass is 15.3. The van der Waals surface area contributed by atoms with Crippen LogP contribution in [0.15, 0.2) is 143 Å². The fourth-order valence-corrected chi connectivity index (χ4v) is 7.51. The highest BCUT2D eigenvalue weighted by Crippen LogP contribution is 2.55. The fourth-order valence-electron chi connectivity index (χ4n) is 7.51. The lowest BCUT2D eigenvalue weighted by molar-refractivity contribution is 0.661. The molecule has 1 N–H and O–H groups in total. The van der Waals surface area contributed by atoms with Gasteiger partial charge in [-0.05, 0) is 39.1 Å². The molecule has 1 atom stereocenters. The third-order valence-electron chi connectivity index (χ3n) is 9.41. The molecule has 2 aliphatic rings. The van der Waals surface area contributed by atoms with Crippen molar-refractivity contribution in [1.82, 2.24) is 9.88 Å². The summed E-state index contributed by atoms with van der Waals surface area (Å²) in [4.78, 5) is 10.4. The van der Waals surface area contributed by atoms with E-state index < -0.39 is 0 Å². The highest BCUT2D eigenvalue weighted by Gasteiger charge is 2.40. The van der Waals surface area contributed by atoms with E-state index in [0.717, 1.165) is 28.4 Å². The first kappa shape index (κ1) is 25.1. The van der Waals surface area contributed by atoms with Gasteiger partial charge in [0, 0.05) is 27.3 Å². The van der Waals surface area contributed by atoms with Crippen molar-refractivity contribution in [2.45, 2.75) is 25.4 Å². The van der Waals surface area contributed by atoms with Gasteiger partial charge in [0.15, 0.2) is 5.84 Å². The molecular formula is C40H30N4. The maximum Gasteiger partial charge on any atom is 0.211 e. The first-order valence-corrected chi connectivity index (χ1v) is 15.2. The van der Waals surface area contributed by atoms with Crippen molar-refractivity contribution >= 4 is 44.4 Å². The molecule has 0 amide bonds. The number of fused-ring (bicyclic) bond motifs is 10. The molecule has 0 bridgehead atoms. The Morgan fingerprint density at radius 3 is 2.09 bits per heavy atom. The van der Waals surface area contributed by atoms with Gasteiger partial charge in [-0.3, -0.25) is 4.57 Å². The number of rotatable bonds is 2. The second-order valence-electron chi connectivity index (χ2n) is 12.3. The van der Waals surface area contributed by atoms with E-state index in [0.29, 0.717) is 0 Å². The highest BCUT2D eigenvalue weighted by molar-refractivity contribution is 6.29. The smallest absolute Gasteiger partial charge is 0.211 e. The zero-order valence-corrected chi connectivity index (χ0v) is 24.6. The van der Waals surface area contributed by atoms with E-state index in [4.69, 9.17) is 9.98 Å². The van der Waals surface area contributed by atoms with Crippen LogP contribution in [-0.2, 0) is 5.41 Å². The number of nitrogens with one attached hydrogen (secondary N) is 1. The van der Waals surface area contributed by atoms with Crippen molar-refractivity contribution in [2.75, 3.05) is 0 Å². The van der Waals surface area contributed by atoms with Crippen LogP contribution >= 0.6 is 0 Å². The molecule has 0 saturated carbocycles. The molecular weight excluding hydrogens is 536 g/mol. The van der Waals surface area contributed by atoms with Crippen molar-refractivity contribution in [3.05, 3.63) is 156 Å². The molecule has 1 aliphatic heterocycles. The minimum absolute atomic E-state index is 0.161. The number of aliphatic imine (C=N–C) groups is 2. The molecule has 4 heteroatoms. The van der Waals surface area contributed by atoms with E-state index in [1.807, 2.05) is 24.3 Å². The van der Waals surface area contributed by atoms with E-state index in [1.54, 1.807) is 0 Å². The van der Waals surface area contributed by atoms with E-state index in [1.165, 1.54) is 49.3 Å². The normalized spacial score (nSPS) is 16.8. The Morgan fingerprint density at radius 1 is 0.659 bits per heavy atom. The lowest BCUT2D eigenvalue weighted by Crippen LogP contribution is -2.37. The molecule has 1 aliphatic carbocycles. The van der Waals surface area contributed by atoms with Crippen LogP contribution in [0.1, 0.15) is 42.3 Å². The number of hydrogen-bond donors (Lipinski definition) is 1. The van der Waals surface area contributed by atoms with Gasteiger partial charge in [0.25, 0.3) is 0 Å². The summed E-state index contributed by atoms with van der Waals surface area (Å²) in [5.74, 6) is 1.50. The second-order valence-corrected chi connectivity index (χ2v) is 12.3. The quantitative estimate of drug-likeness (QED) is 0.223. The molecule has 1 unspecified atom stereocenters. The maximum absolute atomic E-state index is 5.29. The van der Waals surface area contributed by atoms with Crippen LogP contribution in [0.3, 0.4) is 0 Å². The molecule has 6 aromatic carbocycles. The molecule has 9 rings (SSSR count). The number of amidine groups is 1. The van der Waals surface area contributed by atoms with E-state index in [9.17, 15) is 0 Å². The third kappa shape index (κ3) is 3.45. The van der Waals surface area contributed by atoms with Gasteiger partial charge in [0.1, 0.15) is 6.17 Å². The second kappa shape index (κ2) is 9.26. The summed E-state index contributed by atoms with van der Waals surface area (Å²) in [6, 6.07) is 47.3. The van der Waals surface area contributed by atoms with E-state index in [2.05, 4.69) is 133 Å². The van der Waals surface area contributed by atoms with Gasteiger partial charge in [-0.1, -0.05) is 141 Å². The van der Waals surface area contributed by atoms with E-state index in [-0.39, 0.29) is 11.6 Å².